The van der Waals surface area contributed by atoms with Crippen LogP contribution in [-0.2, 0) is 5.41 Å². The lowest BCUT2D eigenvalue weighted by Gasteiger charge is -2.28. The number of nitrogens with zero attached hydrogens (tertiary/aromatic N) is 1. The molecular formula is C59H41NO. The van der Waals surface area contributed by atoms with Crippen molar-refractivity contribution in [3.8, 4) is 44.5 Å². The third kappa shape index (κ3) is 5.56. The van der Waals surface area contributed by atoms with Crippen molar-refractivity contribution in [2.45, 2.75) is 19.3 Å². The van der Waals surface area contributed by atoms with Crippen LogP contribution in [0.4, 0.5) is 17.1 Å². The highest BCUT2D eigenvalue weighted by Crippen LogP contribution is 2.51. The lowest BCUT2D eigenvalue weighted by atomic mass is 9.82. The van der Waals surface area contributed by atoms with Crippen LogP contribution < -0.4 is 4.90 Å². The smallest absolute Gasteiger partial charge is 0.143 e. The molecule has 11 aromatic rings. The van der Waals surface area contributed by atoms with Crippen molar-refractivity contribution < 1.29 is 9.90 Å². The molecule has 0 saturated carbocycles. The van der Waals surface area contributed by atoms with E-state index in [1.54, 1.807) is 0 Å². The summed E-state index contributed by atoms with van der Waals surface area (Å²) < 4.78 is 46.8. The number of anilines is 3. The summed E-state index contributed by atoms with van der Waals surface area (Å²) in [5.41, 5.74) is 12.2. The molecule has 0 atom stereocenters. The molecule has 1 aliphatic rings. The Kier molecular flexibility index (Phi) is 7.02. The van der Waals surface area contributed by atoms with Gasteiger partial charge in [0.15, 0.2) is 0 Å². The Labute approximate surface area is 361 Å². The van der Waals surface area contributed by atoms with Gasteiger partial charge in [0.2, 0.25) is 0 Å². The van der Waals surface area contributed by atoms with E-state index >= 15 is 0 Å². The highest BCUT2D eigenvalue weighted by Gasteiger charge is 2.35. The molecule has 1 heterocycles. The van der Waals surface area contributed by atoms with Crippen LogP contribution >= 0.6 is 0 Å². The lowest BCUT2D eigenvalue weighted by Crippen LogP contribution is -2.16. The molecular weight excluding hydrogens is 739 g/mol. The Morgan fingerprint density at radius 1 is 0.393 bits per heavy atom. The molecule has 2 heteroatoms. The summed E-state index contributed by atoms with van der Waals surface area (Å²) in [6, 6.07) is 63.4. The summed E-state index contributed by atoms with van der Waals surface area (Å²) in [5.74, 6) is 0. The fraction of sp³-hybridized carbons (Fsp3) is 0.0508. The van der Waals surface area contributed by atoms with Crippen molar-refractivity contribution in [2.75, 3.05) is 4.90 Å². The predicted molar refractivity (Wildman–Crippen MR) is 257 cm³/mol. The van der Waals surface area contributed by atoms with E-state index in [-0.39, 0.29) is 40.8 Å². The molecule has 0 aliphatic heterocycles. The molecule has 0 saturated heterocycles. The van der Waals surface area contributed by atoms with E-state index in [4.69, 9.17) is 4.42 Å². The fourth-order valence-corrected chi connectivity index (χ4v) is 9.72. The SMILES string of the molecule is [2H]c1c([2H])c(N(c2ccc3c(c2)C(C)(C)c2ccccc2-3)c2ccc3ccccc3c2)c([2H])c([2H])c1-c1ccc(-c2ccccc2)c2oc3c4ccccc4c(-c4ccccc4)cc3c12. The first-order valence-electron chi connectivity index (χ1n) is 22.8. The van der Waals surface area contributed by atoms with Crippen LogP contribution in [0, 0.1) is 0 Å². The second-order valence-electron chi connectivity index (χ2n) is 16.5. The van der Waals surface area contributed by atoms with Gasteiger partial charge >= 0.3 is 0 Å². The van der Waals surface area contributed by atoms with Crippen LogP contribution in [0.15, 0.2) is 217 Å². The zero-order chi connectivity index (χ0) is 44.1. The number of hydrogen-bond donors (Lipinski definition) is 0. The minimum absolute atomic E-state index is 0.132. The minimum Gasteiger partial charge on any atom is -0.455 e. The van der Waals surface area contributed by atoms with E-state index < -0.39 is 0 Å². The molecule has 288 valence electrons. The molecule has 2 nitrogen and oxygen atoms in total. The van der Waals surface area contributed by atoms with Crippen LogP contribution in [0.5, 0.6) is 0 Å². The summed E-state index contributed by atoms with van der Waals surface area (Å²) in [7, 11) is 0. The van der Waals surface area contributed by atoms with Crippen molar-refractivity contribution in [1.82, 2.24) is 0 Å². The second kappa shape index (κ2) is 13.7. The van der Waals surface area contributed by atoms with Gasteiger partial charge in [-0.2, -0.15) is 0 Å². The minimum atomic E-state index is -0.300. The molecule has 12 rings (SSSR count). The van der Waals surface area contributed by atoms with E-state index in [0.717, 1.165) is 77.1 Å². The zero-order valence-electron chi connectivity index (χ0n) is 37.8. The molecule has 0 bridgehead atoms. The van der Waals surface area contributed by atoms with E-state index in [9.17, 15) is 5.48 Å². The number of furan rings is 1. The van der Waals surface area contributed by atoms with Crippen molar-refractivity contribution in [2.24, 2.45) is 0 Å². The molecule has 0 unspecified atom stereocenters. The van der Waals surface area contributed by atoms with Gasteiger partial charge in [-0.3, -0.25) is 0 Å². The standard InChI is InChI=1S/C59H41NO/c1-59(2)54-24-14-13-22-49(54)50-32-31-45(36-55(50)59)60(44-30-25-38-15-9-10-20-42(38)35-44)43-28-26-41(27-29-43)46-33-34-47(39-16-5-3-6-17-39)58-56(46)53-37-52(40-18-7-4-8-19-40)48-21-11-12-23-51(48)57(53)61-58/h3-37H,1-2H3/i26D,27D,28D,29D. The van der Waals surface area contributed by atoms with Gasteiger partial charge in [-0.25, -0.2) is 0 Å². The van der Waals surface area contributed by atoms with Gasteiger partial charge in [-0.15, -0.1) is 0 Å². The van der Waals surface area contributed by atoms with Crippen LogP contribution in [0.25, 0.3) is 88.0 Å². The van der Waals surface area contributed by atoms with Gasteiger partial charge in [0, 0.05) is 44.2 Å². The monoisotopic (exact) mass is 783 g/mol. The van der Waals surface area contributed by atoms with Crippen molar-refractivity contribution in [3.05, 3.63) is 223 Å². The zero-order valence-corrected chi connectivity index (χ0v) is 33.8. The molecule has 0 amide bonds. The molecule has 0 N–H and O–H groups in total. The van der Waals surface area contributed by atoms with Gasteiger partial charge in [0.25, 0.3) is 0 Å². The Morgan fingerprint density at radius 3 is 1.77 bits per heavy atom. The van der Waals surface area contributed by atoms with Crippen molar-refractivity contribution >= 4 is 60.5 Å². The quantitative estimate of drug-likeness (QED) is 0.167. The Balaban J connectivity index is 1.13. The highest BCUT2D eigenvalue weighted by atomic mass is 16.3. The molecule has 0 radical (unpaired) electrons. The third-order valence-corrected chi connectivity index (χ3v) is 12.7. The molecule has 1 aromatic heterocycles. The maximum absolute atomic E-state index is 9.96. The van der Waals surface area contributed by atoms with E-state index in [2.05, 4.69) is 117 Å². The molecule has 0 spiro atoms. The first kappa shape index (κ1) is 31.3. The lowest BCUT2D eigenvalue weighted by molar-refractivity contribution is 0.660. The van der Waals surface area contributed by atoms with Gasteiger partial charge < -0.3 is 9.32 Å². The third-order valence-electron chi connectivity index (χ3n) is 12.7. The molecule has 10 aromatic carbocycles. The fourth-order valence-electron chi connectivity index (χ4n) is 9.72. The number of hydrogen-bond acceptors (Lipinski definition) is 2. The first-order valence-corrected chi connectivity index (χ1v) is 20.8. The molecule has 0 fully saturated rings. The maximum atomic E-state index is 9.96. The van der Waals surface area contributed by atoms with Crippen LogP contribution in [0.2, 0.25) is 0 Å². The van der Waals surface area contributed by atoms with Crippen LogP contribution in [0.3, 0.4) is 0 Å². The number of benzene rings is 10. The first-order chi connectivity index (χ1) is 31.7. The normalized spacial score (nSPS) is 13.8. The Morgan fingerprint density at radius 2 is 0.984 bits per heavy atom. The summed E-state index contributed by atoms with van der Waals surface area (Å²) in [5, 5.41) is 5.65. The average molecular weight is 784 g/mol. The largest absolute Gasteiger partial charge is 0.455 e. The predicted octanol–water partition coefficient (Wildman–Crippen LogP) is 16.7. The number of rotatable bonds is 6. The number of fused-ring (bicyclic) bond motifs is 9. The van der Waals surface area contributed by atoms with Crippen LogP contribution in [-0.4, -0.2) is 0 Å². The summed E-state index contributed by atoms with van der Waals surface area (Å²) in [6.45, 7) is 4.47. The summed E-state index contributed by atoms with van der Waals surface area (Å²) in [6.07, 6.45) is 0. The van der Waals surface area contributed by atoms with Gasteiger partial charge in [-0.05, 0) is 115 Å². The highest BCUT2D eigenvalue weighted by molar-refractivity contribution is 6.24. The van der Waals surface area contributed by atoms with Gasteiger partial charge in [0.05, 0.1) is 5.48 Å². The van der Waals surface area contributed by atoms with E-state index in [0.29, 0.717) is 16.7 Å². The van der Waals surface area contributed by atoms with E-state index in [1.807, 2.05) is 89.8 Å². The van der Waals surface area contributed by atoms with Crippen molar-refractivity contribution in [3.63, 3.8) is 0 Å². The van der Waals surface area contributed by atoms with Crippen LogP contribution in [0.1, 0.15) is 30.5 Å². The van der Waals surface area contributed by atoms with Crippen molar-refractivity contribution in [1.29, 1.82) is 0 Å². The topological polar surface area (TPSA) is 16.4 Å². The molecule has 1 aliphatic carbocycles. The Hall–Kier alpha value is -7.68. The Bertz CT molecular complexity index is 3710. The maximum Gasteiger partial charge on any atom is 0.143 e. The molecule has 61 heavy (non-hydrogen) atoms. The second-order valence-corrected chi connectivity index (χ2v) is 16.5. The summed E-state index contributed by atoms with van der Waals surface area (Å²) in [4.78, 5) is 1.91. The van der Waals surface area contributed by atoms with E-state index in [1.165, 1.54) is 11.1 Å². The summed E-state index contributed by atoms with van der Waals surface area (Å²) >= 11 is 0. The average Bonchev–Trinajstić information content (AvgIpc) is 3.85. The van der Waals surface area contributed by atoms with Gasteiger partial charge in [0.1, 0.15) is 11.2 Å². The van der Waals surface area contributed by atoms with Gasteiger partial charge in [-0.1, -0.05) is 178 Å².